The van der Waals surface area contributed by atoms with Crippen LogP contribution in [0.4, 0.5) is 14.5 Å². The van der Waals surface area contributed by atoms with Crippen LogP contribution in [0.15, 0.2) is 36.7 Å². The number of piperazine rings is 1. The summed E-state index contributed by atoms with van der Waals surface area (Å²) in [5.74, 6) is 0.579. The van der Waals surface area contributed by atoms with Crippen LogP contribution in [0.1, 0.15) is 13.3 Å². The minimum Gasteiger partial charge on any atom is -0.473 e. The summed E-state index contributed by atoms with van der Waals surface area (Å²) in [5.41, 5.74) is 4.24. The number of hydrogen-bond acceptors (Lipinski definition) is 6. The van der Waals surface area contributed by atoms with Crippen LogP contribution in [0.5, 0.6) is 5.88 Å². The molecule has 180 valence electrons. The van der Waals surface area contributed by atoms with Gasteiger partial charge in [0.15, 0.2) is 5.52 Å². The first kappa shape index (κ1) is 22.5. The Morgan fingerprint density at radius 1 is 1.18 bits per heavy atom. The number of aromatic nitrogens is 3. The van der Waals surface area contributed by atoms with Gasteiger partial charge in [0, 0.05) is 56.3 Å². The molecule has 0 spiro atoms. The second-order valence-corrected chi connectivity index (χ2v) is 8.93. The largest absolute Gasteiger partial charge is 0.473 e. The predicted octanol–water partition coefficient (Wildman–Crippen LogP) is 2.92. The van der Waals surface area contributed by atoms with Crippen molar-refractivity contribution in [3.63, 3.8) is 0 Å². The molecule has 2 aliphatic rings. The number of amides is 1. The van der Waals surface area contributed by atoms with E-state index in [0.29, 0.717) is 37.5 Å². The zero-order valence-electron chi connectivity index (χ0n) is 19.0. The summed E-state index contributed by atoms with van der Waals surface area (Å²) in [6.45, 7) is 5.09. The molecule has 2 aromatic heterocycles. The molecule has 1 aromatic carbocycles. The molecule has 0 saturated carbocycles. The molecule has 2 saturated heterocycles. The third-order valence-electron chi connectivity index (χ3n) is 6.64. The second kappa shape index (κ2) is 9.54. The van der Waals surface area contributed by atoms with E-state index < -0.39 is 6.43 Å². The Labute approximate surface area is 196 Å². The molecule has 3 aromatic rings. The minimum absolute atomic E-state index is 0.0441. The van der Waals surface area contributed by atoms with Gasteiger partial charge in [0.1, 0.15) is 6.10 Å². The Morgan fingerprint density at radius 2 is 1.94 bits per heavy atom. The molecule has 0 unspecified atom stereocenters. The molecule has 8 nitrogen and oxygen atoms in total. The summed E-state index contributed by atoms with van der Waals surface area (Å²) < 4.78 is 31.4. The fourth-order valence-corrected chi connectivity index (χ4v) is 4.60. The molecule has 1 amide bonds. The number of hydrogen-bond donors (Lipinski definition) is 2. The van der Waals surface area contributed by atoms with Gasteiger partial charge in [-0.05, 0) is 25.1 Å². The van der Waals surface area contributed by atoms with Crippen LogP contribution in [0.2, 0.25) is 0 Å². The van der Waals surface area contributed by atoms with Gasteiger partial charge in [0.25, 0.3) is 6.43 Å². The highest BCUT2D eigenvalue weighted by molar-refractivity contribution is 5.84. The Balaban J connectivity index is 1.32. The van der Waals surface area contributed by atoms with Crippen LogP contribution in [0.3, 0.4) is 0 Å². The summed E-state index contributed by atoms with van der Waals surface area (Å²) in [7, 11) is 0. The van der Waals surface area contributed by atoms with Gasteiger partial charge in [0.2, 0.25) is 11.8 Å². The van der Waals surface area contributed by atoms with Crippen LogP contribution in [-0.2, 0) is 4.79 Å². The van der Waals surface area contributed by atoms with Gasteiger partial charge in [-0.25, -0.2) is 18.7 Å². The summed E-state index contributed by atoms with van der Waals surface area (Å²) in [4.78, 5) is 27.9. The average Bonchev–Trinajstić information content (AvgIpc) is 3.48. The Morgan fingerprint density at radius 3 is 2.62 bits per heavy atom. The Hall–Kier alpha value is -3.27. The third-order valence-corrected chi connectivity index (χ3v) is 6.64. The van der Waals surface area contributed by atoms with E-state index in [-0.39, 0.29) is 24.5 Å². The maximum Gasteiger partial charge on any atom is 0.251 e. The maximum absolute atomic E-state index is 12.6. The van der Waals surface area contributed by atoms with Gasteiger partial charge in [-0.15, -0.1) is 0 Å². The monoisotopic (exact) mass is 470 g/mol. The molecule has 2 N–H and O–H groups in total. The molecular weight excluding hydrogens is 442 g/mol. The van der Waals surface area contributed by atoms with Crippen molar-refractivity contribution in [1.82, 2.24) is 25.2 Å². The number of halogens is 2. The van der Waals surface area contributed by atoms with Crippen LogP contribution in [-0.4, -0.2) is 77.6 Å². The lowest BCUT2D eigenvalue weighted by Crippen LogP contribution is -2.47. The average molecular weight is 471 g/mol. The summed E-state index contributed by atoms with van der Waals surface area (Å²) in [6.07, 6.45) is -0.416. The van der Waals surface area contributed by atoms with Gasteiger partial charge < -0.3 is 19.9 Å². The number of pyridine rings is 1. The van der Waals surface area contributed by atoms with Crippen molar-refractivity contribution in [3.05, 3.63) is 36.7 Å². The SMILES string of the molecule is C[C@@H](Oc1nc(-c2ccc(N3CCN(CC(F)F)CC3)cc2)cc2[nH]cnc12)[C@H]1CNC(=O)C1. The van der Waals surface area contributed by atoms with Gasteiger partial charge in [-0.3, -0.25) is 9.69 Å². The lowest BCUT2D eigenvalue weighted by molar-refractivity contribution is -0.119. The molecule has 2 atom stereocenters. The normalized spacial score (nSPS) is 20.2. The van der Waals surface area contributed by atoms with Crippen LogP contribution in [0.25, 0.3) is 22.3 Å². The summed E-state index contributed by atoms with van der Waals surface area (Å²) in [5, 5.41) is 2.85. The van der Waals surface area contributed by atoms with E-state index in [2.05, 4.69) is 20.2 Å². The van der Waals surface area contributed by atoms with E-state index in [9.17, 15) is 13.6 Å². The standard InChI is InChI=1S/C24H28F2N6O2/c1-15(17-10-22(33)27-12-17)34-24-23-20(28-14-29-23)11-19(30-24)16-2-4-18(5-3-16)32-8-6-31(7-9-32)13-21(25)26/h2-5,11,14-15,17,21H,6-10,12-13H2,1H3,(H,27,33)(H,28,29)/t15-,17-/m1/s1. The molecule has 4 heterocycles. The number of anilines is 1. The number of imidazole rings is 1. The highest BCUT2D eigenvalue weighted by Gasteiger charge is 2.29. The Kier molecular flexibility index (Phi) is 6.32. The fraction of sp³-hybridized carbons (Fsp3) is 0.458. The molecule has 2 aliphatic heterocycles. The van der Waals surface area contributed by atoms with Gasteiger partial charge in [-0.1, -0.05) is 12.1 Å². The molecule has 2 fully saturated rings. The lowest BCUT2D eigenvalue weighted by atomic mass is 10.0. The smallest absolute Gasteiger partial charge is 0.251 e. The first-order valence-electron chi connectivity index (χ1n) is 11.6. The topological polar surface area (TPSA) is 86.4 Å². The molecule has 0 bridgehead atoms. The predicted molar refractivity (Wildman–Crippen MR) is 125 cm³/mol. The molecule has 0 radical (unpaired) electrons. The number of aromatic amines is 1. The highest BCUT2D eigenvalue weighted by Crippen LogP contribution is 2.30. The van der Waals surface area contributed by atoms with E-state index in [4.69, 9.17) is 9.72 Å². The van der Waals surface area contributed by atoms with Crippen molar-refractivity contribution >= 4 is 22.6 Å². The maximum atomic E-state index is 12.6. The van der Waals surface area contributed by atoms with Crippen molar-refractivity contribution in [1.29, 1.82) is 0 Å². The summed E-state index contributed by atoms with van der Waals surface area (Å²) >= 11 is 0. The lowest BCUT2D eigenvalue weighted by Gasteiger charge is -2.35. The number of carbonyl (C=O) groups is 1. The van der Waals surface area contributed by atoms with Crippen LogP contribution in [0, 0.1) is 5.92 Å². The van der Waals surface area contributed by atoms with E-state index in [1.54, 1.807) is 11.2 Å². The van der Waals surface area contributed by atoms with Crippen LogP contribution >= 0.6 is 0 Å². The number of fused-ring (bicyclic) bond motifs is 1. The minimum atomic E-state index is -2.29. The molecule has 10 heteroatoms. The number of nitrogens with one attached hydrogen (secondary N) is 2. The summed E-state index contributed by atoms with van der Waals surface area (Å²) in [6, 6.07) is 10.0. The van der Waals surface area contributed by atoms with E-state index >= 15 is 0 Å². The fourth-order valence-electron chi connectivity index (χ4n) is 4.60. The highest BCUT2D eigenvalue weighted by atomic mass is 19.3. The number of H-pyrrole nitrogens is 1. The van der Waals surface area contributed by atoms with Gasteiger partial charge in [-0.2, -0.15) is 0 Å². The number of carbonyl (C=O) groups excluding carboxylic acids is 1. The van der Waals surface area contributed by atoms with Gasteiger partial charge in [0.05, 0.1) is 24.1 Å². The van der Waals surface area contributed by atoms with E-state index in [1.165, 1.54) is 0 Å². The molecule has 0 aliphatic carbocycles. The van der Waals surface area contributed by atoms with E-state index in [0.717, 1.165) is 35.6 Å². The van der Waals surface area contributed by atoms with E-state index in [1.807, 2.05) is 37.3 Å². The zero-order valence-corrected chi connectivity index (χ0v) is 19.0. The van der Waals surface area contributed by atoms with Crippen molar-refractivity contribution in [3.8, 4) is 17.1 Å². The van der Waals surface area contributed by atoms with Crippen molar-refractivity contribution in [2.75, 3.05) is 44.2 Å². The number of ether oxygens (including phenoxy) is 1. The van der Waals surface area contributed by atoms with Crippen molar-refractivity contribution in [2.45, 2.75) is 25.9 Å². The number of benzene rings is 1. The first-order valence-corrected chi connectivity index (χ1v) is 11.6. The van der Waals surface area contributed by atoms with Crippen molar-refractivity contribution in [2.24, 2.45) is 5.92 Å². The number of rotatable bonds is 7. The van der Waals surface area contributed by atoms with Gasteiger partial charge >= 0.3 is 0 Å². The number of alkyl halides is 2. The van der Waals surface area contributed by atoms with Crippen molar-refractivity contribution < 1.29 is 18.3 Å². The first-order chi connectivity index (χ1) is 16.5. The number of nitrogens with zero attached hydrogens (tertiary/aromatic N) is 4. The quantitative estimate of drug-likeness (QED) is 0.552. The molecule has 34 heavy (non-hydrogen) atoms. The third kappa shape index (κ3) is 4.82. The van der Waals surface area contributed by atoms with Crippen LogP contribution < -0.4 is 15.0 Å². The molecule has 5 rings (SSSR count). The Bertz CT molecular complexity index is 1140. The zero-order chi connectivity index (χ0) is 23.7. The molecular formula is C24H28F2N6O2. The second-order valence-electron chi connectivity index (χ2n) is 8.93.